The first kappa shape index (κ1) is 13.3. The van der Waals surface area contributed by atoms with Gasteiger partial charge in [-0.1, -0.05) is 35.5 Å². The van der Waals surface area contributed by atoms with Crippen molar-refractivity contribution in [1.82, 2.24) is 20.3 Å². The summed E-state index contributed by atoms with van der Waals surface area (Å²) in [5, 5.41) is 19.4. The monoisotopic (exact) mass is 286 g/mol. The number of hydrogen-bond donors (Lipinski definition) is 2. The average molecular weight is 286 g/mol. The van der Waals surface area contributed by atoms with Crippen LogP contribution in [0.2, 0.25) is 0 Å². The van der Waals surface area contributed by atoms with Crippen LogP contribution in [0.5, 0.6) is 0 Å². The number of amides is 1. The Balaban J connectivity index is 1.65. The maximum Gasteiger partial charge on any atom is 0.329 e. The van der Waals surface area contributed by atoms with Crippen LogP contribution in [0.25, 0.3) is 11.3 Å². The van der Waals surface area contributed by atoms with Crippen molar-refractivity contribution >= 4 is 11.9 Å². The normalized spacial score (nSPS) is 15.4. The Morgan fingerprint density at radius 1 is 1.29 bits per heavy atom. The quantitative estimate of drug-likeness (QED) is 0.842. The molecular formula is C14H14N4O3. The molecule has 1 fully saturated rings. The van der Waals surface area contributed by atoms with E-state index in [2.05, 4.69) is 15.6 Å². The lowest BCUT2D eigenvalue weighted by molar-refractivity contribution is -0.143. The Morgan fingerprint density at radius 3 is 2.62 bits per heavy atom. The number of benzene rings is 1. The predicted molar refractivity (Wildman–Crippen MR) is 73.2 cm³/mol. The molecular weight excluding hydrogens is 272 g/mol. The van der Waals surface area contributed by atoms with E-state index in [4.69, 9.17) is 5.11 Å². The molecule has 1 aliphatic carbocycles. The average Bonchev–Trinajstić information content (AvgIpc) is 3.10. The summed E-state index contributed by atoms with van der Waals surface area (Å²) < 4.78 is 1.40. The summed E-state index contributed by atoms with van der Waals surface area (Å²) in [6.07, 6.45) is 2.61. The zero-order valence-corrected chi connectivity index (χ0v) is 11.2. The fourth-order valence-electron chi connectivity index (χ4n) is 2.09. The molecule has 0 atom stereocenters. The van der Waals surface area contributed by atoms with Gasteiger partial charge in [0.1, 0.15) is 17.8 Å². The van der Waals surface area contributed by atoms with E-state index in [0.29, 0.717) is 18.5 Å². The lowest BCUT2D eigenvalue weighted by Crippen LogP contribution is -2.44. The second-order valence-electron chi connectivity index (χ2n) is 5.10. The number of nitrogens with zero attached hydrogens (tertiary/aromatic N) is 3. The number of carbonyl (C=O) groups is 2. The zero-order chi connectivity index (χ0) is 14.9. The van der Waals surface area contributed by atoms with E-state index < -0.39 is 11.5 Å². The number of carboxylic acid groups (broad SMARTS) is 1. The van der Waals surface area contributed by atoms with Gasteiger partial charge in [0.05, 0.1) is 6.20 Å². The topological polar surface area (TPSA) is 97.1 Å². The lowest BCUT2D eigenvalue weighted by atomic mass is 10.2. The van der Waals surface area contributed by atoms with Crippen molar-refractivity contribution in [2.24, 2.45) is 0 Å². The number of rotatable bonds is 5. The van der Waals surface area contributed by atoms with Crippen LogP contribution in [-0.2, 0) is 16.1 Å². The Labute approximate surface area is 120 Å². The van der Waals surface area contributed by atoms with Crippen LogP contribution in [0.1, 0.15) is 12.8 Å². The number of aliphatic carboxylic acids is 1. The van der Waals surface area contributed by atoms with Gasteiger partial charge in [-0.05, 0) is 12.8 Å². The molecule has 3 rings (SSSR count). The highest BCUT2D eigenvalue weighted by Crippen LogP contribution is 2.35. The highest BCUT2D eigenvalue weighted by molar-refractivity contribution is 5.89. The number of aromatic nitrogens is 3. The van der Waals surface area contributed by atoms with E-state index in [1.165, 1.54) is 4.68 Å². The fraction of sp³-hybridized carbons (Fsp3) is 0.286. The molecule has 2 N–H and O–H groups in total. The maximum atomic E-state index is 11.9. The van der Waals surface area contributed by atoms with Crippen LogP contribution in [0.15, 0.2) is 36.5 Å². The van der Waals surface area contributed by atoms with E-state index in [-0.39, 0.29) is 12.5 Å². The van der Waals surface area contributed by atoms with Gasteiger partial charge in [0.25, 0.3) is 0 Å². The maximum absolute atomic E-state index is 11.9. The molecule has 21 heavy (non-hydrogen) atoms. The Kier molecular flexibility index (Phi) is 3.17. The molecule has 0 aliphatic heterocycles. The highest BCUT2D eigenvalue weighted by atomic mass is 16.4. The first-order chi connectivity index (χ1) is 10.1. The van der Waals surface area contributed by atoms with Crippen molar-refractivity contribution in [2.45, 2.75) is 24.9 Å². The van der Waals surface area contributed by atoms with Crippen molar-refractivity contribution in [1.29, 1.82) is 0 Å². The lowest BCUT2D eigenvalue weighted by Gasteiger charge is -2.11. The number of nitrogens with one attached hydrogen (secondary N) is 1. The van der Waals surface area contributed by atoms with Gasteiger partial charge in [-0.25, -0.2) is 9.48 Å². The van der Waals surface area contributed by atoms with Gasteiger partial charge in [0.2, 0.25) is 5.91 Å². The molecule has 1 aromatic heterocycles. The van der Waals surface area contributed by atoms with Crippen molar-refractivity contribution in [3.8, 4) is 11.3 Å². The van der Waals surface area contributed by atoms with Crippen LogP contribution in [0, 0.1) is 0 Å². The van der Waals surface area contributed by atoms with Crippen molar-refractivity contribution in [3.05, 3.63) is 36.5 Å². The Hall–Kier alpha value is -2.70. The smallest absolute Gasteiger partial charge is 0.329 e. The molecule has 1 amide bonds. The van der Waals surface area contributed by atoms with Crippen molar-refractivity contribution < 1.29 is 14.7 Å². The van der Waals surface area contributed by atoms with Gasteiger partial charge in [0.15, 0.2) is 0 Å². The van der Waals surface area contributed by atoms with E-state index in [9.17, 15) is 9.59 Å². The second-order valence-corrected chi connectivity index (χ2v) is 5.10. The SMILES string of the molecule is O=C(Cn1cc(-c2ccccc2)nn1)NC1(C(=O)O)CC1. The van der Waals surface area contributed by atoms with Gasteiger partial charge in [-0.2, -0.15) is 0 Å². The minimum atomic E-state index is -1.07. The van der Waals surface area contributed by atoms with Crippen molar-refractivity contribution in [3.63, 3.8) is 0 Å². The summed E-state index contributed by atoms with van der Waals surface area (Å²) in [6, 6.07) is 9.49. The molecule has 0 spiro atoms. The Bertz CT molecular complexity index is 677. The van der Waals surface area contributed by atoms with Crippen LogP contribution < -0.4 is 5.32 Å². The molecule has 7 nitrogen and oxygen atoms in total. The second kappa shape index (κ2) is 5.01. The molecule has 7 heteroatoms. The number of carboxylic acids is 1. The third-order valence-corrected chi connectivity index (χ3v) is 3.45. The molecule has 108 valence electrons. The summed E-state index contributed by atoms with van der Waals surface area (Å²) in [5.74, 6) is -1.36. The molecule has 2 aromatic rings. The molecule has 1 saturated carbocycles. The van der Waals surface area contributed by atoms with Crippen molar-refractivity contribution in [2.75, 3.05) is 0 Å². The predicted octanol–water partition coefficient (Wildman–Crippen LogP) is 0.678. The van der Waals surface area contributed by atoms with E-state index >= 15 is 0 Å². The fourth-order valence-corrected chi connectivity index (χ4v) is 2.09. The van der Waals surface area contributed by atoms with Gasteiger partial charge < -0.3 is 10.4 Å². The first-order valence-corrected chi connectivity index (χ1v) is 6.59. The Morgan fingerprint density at radius 2 is 2.00 bits per heavy atom. The van der Waals surface area contributed by atoms with Gasteiger partial charge in [-0.3, -0.25) is 4.79 Å². The first-order valence-electron chi connectivity index (χ1n) is 6.59. The van der Waals surface area contributed by atoms with Gasteiger partial charge >= 0.3 is 5.97 Å². The summed E-state index contributed by atoms with van der Waals surface area (Å²) in [6.45, 7) is -0.0468. The highest BCUT2D eigenvalue weighted by Gasteiger charge is 2.51. The third kappa shape index (κ3) is 2.76. The molecule has 0 radical (unpaired) electrons. The summed E-state index contributed by atoms with van der Waals surface area (Å²) in [4.78, 5) is 22.9. The minimum Gasteiger partial charge on any atom is -0.480 e. The third-order valence-electron chi connectivity index (χ3n) is 3.45. The summed E-state index contributed by atoms with van der Waals surface area (Å²) >= 11 is 0. The van der Waals surface area contributed by atoms with E-state index in [1.807, 2.05) is 30.3 Å². The van der Waals surface area contributed by atoms with Crippen LogP contribution >= 0.6 is 0 Å². The molecule has 1 aliphatic rings. The molecule has 0 bridgehead atoms. The largest absolute Gasteiger partial charge is 0.480 e. The van der Waals surface area contributed by atoms with E-state index in [1.54, 1.807) is 6.20 Å². The number of carbonyl (C=O) groups excluding carboxylic acids is 1. The van der Waals surface area contributed by atoms with Crippen LogP contribution in [0.3, 0.4) is 0 Å². The summed E-state index contributed by atoms with van der Waals surface area (Å²) in [7, 11) is 0. The van der Waals surface area contributed by atoms with Gasteiger partial charge in [0, 0.05) is 5.56 Å². The molecule has 0 unspecified atom stereocenters. The molecule has 1 heterocycles. The minimum absolute atomic E-state index is 0.0468. The van der Waals surface area contributed by atoms with Crippen LogP contribution in [-0.4, -0.2) is 37.5 Å². The van der Waals surface area contributed by atoms with Gasteiger partial charge in [-0.15, -0.1) is 5.10 Å². The number of hydrogen-bond acceptors (Lipinski definition) is 4. The van der Waals surface area contributed by atoms with E-state index in [0.717, 1.165) is 5.56 Å². The standard InChI is InChI=1S/C14H14N4O3/c19-12(15-14(6-7-14)13(20)21)9-18-8-11(16-17-18)10-4-2-1-3-5-10/h1-5,8H,6-7,9H2,(H,15,19)(H,20,21). The molecule has 0 saturated heterocycles. The summed E-state index contributed by atoms with van der Waals surface area (Å²) in [5.41, 5.74) is 0.510. The van der Waals surface area contributed by atoms with Crippen LogP contribution in [0.4, 0.5) is 0 Å². The zero-order valence-electron chi connectivity index (χ0n) is 11.2. The molecule has 1 aromatic carbocycles.